The van der Waals surface area contributed by atoms with Crippen molar-refractivity contribution in [3.63, 3.8) is 0 Å². The number of amides is 1. The maximum Gasteiger partial charge on any atom is 0.253 e. The molecule has 1 aliphatic heterocycles. The third-order valence-electron chi connectivity index (χ3n) is 6.46. The third-order valence-corrected chi connectivity index (χ3v) is 6.46. The minimum Gasteiger partial charge on any atom is -0.497 e. The third kappa shape index (κ3) is 4.28. The molecule has 0 spiro atoms. The molecular weight excluding hydrogens is 407 g/mol. The van der Waals surface area contributed by atoms with Crippen LogP contribution in [0, 0.1) is 19.7 Å². The summed E-state index contributed by atoms with van der Waals surface area (Å²) in [4.78, 5) is 13.2. The van der Waals surface area contributed by atoms with Gasteiger partial charge in [-0.05, 0) is 62.6 Å². The number of hydrogen-bond donors (Lipinski definition) is 1. The van der Waals surface area contributed by atoms with Gasteiger partial charge in [-0.3, -0.25) is 4.79 Å². The first kappa shape index (κ1) is 22.1. The van der Waals surface area contributed by atoms with Crippen molar-refractivity contribution < 1.29 is 18.7 Å². The van der Waals surface area contributed by atoms with Crippen molar-refractivity contribution in [3.05, 3.63) is 82.9 Å². The van der Waals surface area contributed by atoms with Crippen molar-refractivity contribution in [3.8, 4) is 11.4 Å². The van der Waals surface area contributed by atoms with E-state index < -0.39 is 0 Å². The summed E-state index contributed by atoms with van der Waals surface area (Å²) in [6, 6.07) is 16.4. The lowest BCUT2D eigenvalue weighted by molar-refractivity contribution is 0.0486. The van der Waals surface area contributed by atoms with Crippen LogP contribution in [0.3, 0.4) is 0 Å². The van der Waals surface area contributed by atoms with E-state index in [1.54, 1.807) is 19.2 Å². The average Bonchev–Trinajstić information content (AvgIpc) is 3.12. The van der Waals surface area contributed by atoms with E-state index in [2.05, 4.69) is 5.32 Å². The Labute approximate surface area is 188 Å². The molecule has 4 rings (SSSR count). The minimum atomic E-state index is -0.339. The first-order valence-corrected chi connectivity index (χ1v) is 10.9. The van der Waals surface area contributed by atoms with Crippen LogP contribution in [0.15, 0.2) is 54.6 Å². The molecule has 1 saturated heterocycles. The van der Waals surface area contributed by atoms with Gasteiger partial charge in [-0.15, -0.1) is 0 Å². The molecule has 1 amide bonds. The van der Waals surface area contributed by atoms with Crippen LogP contribution in [-0.2, 0) is 10.2 Å². The quantitative estimate of drug-likeness (QED) is 0.608. The number of benzene rings is 2. The molecule has 2 aromatic carbocycles. The van der Waals surface area contributed by atoms with Gasteiger partial charge in [0.1, 0.15) is 11.6 Å². The molecule has 5 nitrogen and oxygen atoms in total. The lowest BCUT2D eigenvalue weighted by Gasteiger charge is -2.38. The summed E-state index contributed by atoms with van der Waals surface area (Å²) in [6.07, 6.45) is 1.47. The Morgan fingerprint density at radius 2 is 1.88 bits per heavy atom. The summed E-state index contributed by atoms with van der Waals surface area (Å²) in [6.45, 7) is 5.54. The molecule has 1 aliphatic rings. The summed E-state index contributed by atoms with van der Waals surface area (Å²) < 4.78 is 26.9. The van der Waals surface area contributed by atoms with Crippen molar-refractivity contribution in [2.75, 3.05) is 26.9 Å². The van der Waals surface area contributed by atoms with Crippen molar-refractivity contribution in [1.29, 1.82) is 0 Å². The van der Waals surface area contributed by atoms with E-state index in [4.69, 9.17) is 9.47 Å². The largest absolute Gasteiger partial charge is 0.497 e. The van der Waals surface area contributed by atoms with E-state index in [1.165, 1.54) is 6.07 Å². The lowest BCUT2D eigenvalue weighted by atomic mass is 9.74. The number of halogens is 1. The SMILES string of the molecule is COc1cccc(-n2c(C)cc(C(=O)NCC3(c4cccc(F)c4)CCOCC3)c2C)c1. The zero-order chi connectivity index (χ0) is 22.7. The van der Waals surface area contributed by atoms with Crippen LogP contribution < -0.4 is 10.1 Å². The number of ether oxygens (including phenoxy) is 2. The molecule has 1 aromatic heterocycles. The van der Waals surface area contributed by atoms with E-state index in [0.29, 0.717) is 25.3 Å². The standard InChI is InChI=1S/C26H29FN2O3/c1-18-14-24(19(2)29(18)22-8-5-9-23(16-22)31-3)25(30)28-17-26(10-12-32-13-11-26)20-6-4-7-21(27)15-20/h4-9,14-16H,10-13,17H2,1-3H3,(H,28,30). The Bertz CT molecular complexity index is 1120. The predicted octanol–water partition coefficient (Wildman–Crippen LogP) is 4.72. The number of hydrogen-bond acceptors (Lipinski definition) is 3. The van der Waals surface area contributed by atoms with Crippen molar-refractivity contribution in [2.24, 2.45) is 0 Å². The number of carbonyl (C=O) groups excluding carboxylic acids is 1. The molecule has 0 bridgehead atoms. The zero-order valence-electron chi connectivity index (χ0n) is 18.8. The van der Waals surface area contributed by atoms with Gasteiger partial charge in [0.05, 0.1) is 12.7 Å². The molecular formula is C26H29FN2O3. The maximum absolute atomic E-state index is 13.9. The van der Waals surface area contributed by atoms with Crippen molar-refractivity contribution in [2.45, 2.75) is 32.1 Å². The molecule has 1 N–H and O–H groups in total. The summed E-state index contributed by atoms with van der Waals surface area (Å²) in [5, 5.41) is 3.13. The Kier molecular flexibility index (Phi) is 6.33. The second kappa shape index (κ2) is 9.17. The molecule has 6 heteroatoms. The second-order valence-corrected chi connectivity index (χ2v) is 8.41. The van der Waals surface area contributed by atoms with Gasteiger partial charge in [-0.25, -0.2) is 4.39 Å². The highest BCUT2D eigenvalue weighted by Gasteiger charge is 2.35. The monoisotopic (exact) mass is 436 g/mol. The van der Waals surface area contributed by atoms with Gasteiger partial charge >= 0.3 is 0 Å². The van der Waals surface area contributed by atoms with Crippen LogP contribution >= 0.6 is 0 Å². The number of methoxy groups -OCH3 is 1. The lowest BCUT2D eigenvalue weighted by Crippen LogP contribution is -2.44. The number of aromatic nitrogens is 1. The van der Waals surface area contributed by atoms with Gasteiger partial charge in [0.15, 0.2) is 0 Å². The fourth-order valence-corrected chi connectivity index (χ4v) is 4.63. The summed E-state index contributed by atoms with van der Waals surface area (Å²) >= 11 is 0. The fraction of sp³-hybridized carbons (Fsp3) is 0.346. The van der Waals surface area contributed by atoms with E-state index in [0.717, 1.165) is 41.2 Å². The van der Waals surface area contributed by atoms with E-state index in [-0.39, 0.29) is 17.1 Å². The Morgan fingerprint density at radius 3 is 2.59 bits per heavy atom. The van der Waals surface area contributed by atoms with Crippen LogP contribution in [0.1, 0.15) is 40.2 Å². The number of nitrogens with one attached hydrogen (secondary N) is 1. The highest BCUT2D eigenvalue weighted by atomic mass is 19.1. The molecule has 2 heterocycles. The first-order valence-electron chi connectivity index (χ1n) is 10.9. The molecule has 0 radical (unpaired) electrons. The molecule has 0 aliphatic carbocycles. The Morgan fingerprint density at radius 1 is 1.12 bits per heavy atom. The average molecular weight is 437 g/mol. The molecule has 0 atom stereocenters. The molecule has 32 heavy (non-hydrogen) atoms. The van der Waals surface area contributed by atoms with E-state index >= 15 is 0 Å². The van der Waals surface area contributed by atoms with Crippen LogP contribution in [0.2, 0.25) is 0 Å². The number of aryl methyl sites for hydroxylation is 1. The Hall–Kier alpha value is -3.12. The molecule has 3 aromatic rings. The van der Waals surface area contributed by atoms with Gasteiger partial charge < -0.3 is 19.4 Å². The first-order chi connectivity index (χ1) is 15.4. The molecule has 168 valence electrons. The van der Waals surface area contributed by atoms with E-state index in [9.17, 15) is 9.18 Å². The van der Waals surface area contributed by atoms with Gasteiger partial charge in [0.25, 0.3) is 5.91 Å². The topological polar surface area (TPSA) is 52.5 Å². The van der Waals surface area contributed by atoms with Crippen LogP contribution in [0.5, 0.6) is 5.75 Å². The number of rotatable bonds is 6. The highest BCUT2D eigenvalue weighted by molar-refractivity contribution is 5.96. The van der Waals surface area contributed by atoms with Crippen molar-refractivity contribution >= 4 is 5.91 Å². The smallest absolute Gasteiger partial charge is 0.253 e. The normalized spacial score (nSPS) is 15.4. The molecule has 1 fully saturated rings. The predicted molar refractivity (Wildman–Crippen MR) is 122 cm³/mol. The second-order valence-electron chi connectivity index (χ2n) is 8.41. The van der Waals surface area contributed by atoms with Gasteiger partial charge in [-0.1, -0.05) is 18.2 Å². The Balaban J connectivity index is 1.58. The zero-order valence-corrected chi connectivity index (χ0v) is 18.8. The maximum atomic E-state index is 13.9. The minimum absolute atomic E-state index is 0.130. The summed E-state index contributed by atoms with van der Waals surface area (Å²) in [5.74, 6) is 0.369. The number of carbonyl (C=O) groups is 1. The van der Waals surface area contributed by atoms with E-state index in [1.807, 2.05) is 54.8 Å². The van der Waals surface area contributed by atoms with Crippen LogP contribution in [0.4, 0.5) is 4.39 Å². The fourth-order valence-electron chi connectivity index (χ4n) is 4.63. The van der Waals surface area contributed by atoms with Gasteiger partial charge in [0, 0.05) is 48.3 Å². The molecule has 0 saturated carbocycles. The summed E-state index contributed by atoms with van der Waals surface area (Å²) in [5.41, 5.74) is 3.97. The van der Waals surface area contributed by atoms with Crippen LogP contribution in [0.25, 0.3) is 5.69 Å². The summed E-state index contributed by atoms with van der Waals surface area (Å²) in [7, 11) is 1.64. The van der Waals surface area contributed by atoms with Crippen molar-refractivity contribution in [1.82, 2.24) is 9.88 Å². The highest BCUT2D eigenvalue weighted by Crippen LogP contribution is 2.35. The van der Waals surface area contributed by atoms with Crippen LogP contribution in [-0.4, -0.2) is 37.3 Å². The number of nitrogens with zero attached hydrogens (tertiary/aromatic N) is 1. The van der Waals surface area contributed by atoms with Gasteiger partial charge in [0.2, 0.25) is 0 Å². The van der Waals surface area contributed by atoms with Gasteiger partial charge in [-0.2, -0.15) is 0 Å². The molecule has 0 unspecified atom stereocenters.